The molecule has 0 bridgehead atoms. The number of carbonyl (C=O) groups excluding carboxylic acids is 1. The third kappa shape index (κ3) is 1.97. The quantitative estimate of drug-likeness (QED) is 0.447. The third-order valence-electron chi connectivity index (χ3n) is 1.91. The van der Waals surface area contributed by atoms with Gasteiger partial charge in [-0.25, -0.2) is 4.79 Å². The lowest BCUT2D eigenvalue weighted by Gasteiger charge is -2.02. The van der Waals surface area contributed by atoms with Crippen LogP contribution in [0.15, 0.2) is 11.8 Å². The van der Waals surface area contributed by atoms with Crippen LogP contribution in [0.5, 0.6) is 0 Å². The van der Waals surface area contributed by atoms with Crippen LogP contribution in [0.25, 0.3) is 0 Å². The zero-order valence-corrected chi connectivity index (χ0v) is 6.89. The van der Waals surface area contributed by atoms with E-state index >= 15 is 0 Å². The van der Waals surface area contributed by atoms with E-state index in [0.29, 0.717) is 5.92 Å². The molecule has 11 heavy (non-hydrogen) atoms. The van der Waals surface area contributed by atoms with Crippen LogP contribution in [0.2, 0.25) is 0 Å². The Morgan fingerprint density at radius 2 is 2.55 bits per heavy atom. The first-order chi connectivity index (χ1) is 5.24. The van der Waals surface area contributed by atoms with Crippen molar-refractivity contribution in [3.63, 3.8) is 0 Å². The van der Waals surface area contributed by atoms with Crippen molar-refractivity contribution in [1.82, 2.24) is 5.32 Å². The molecule has 0 radical (unpaired) electrons. The van der Waals surface area contributed by atoms with Crippen LogP contribution in [0.1, 0.15) is 13.3 Å². The second kappa shape index (κ2) is 3.42. The Bertz CT molecular complexity index is 187. The fourth-order valence-electron chi connectivity index (χ4n) is 1.14. The fraction of sp³-hybridized carbons (Fsp3) is 0.625. The van der Waals surface area contributed by atoms with Gasteiger partial charge in [-0.3, -0.25) is 0 Å². The van der Waals surface area contributed by atoms with Crippen LogP contribution in [0.3, 0.4) is 0 Å². The molecule has 1 aliphatic rings. The van der Waals surface area contributed by atoms with Gasteiger partial charge in [0, 0.05) is 18.3 Å². The summed E-state index contributed by atoms with van der Waals surface area (Å²) in [4.78, 5) is 10.8. The number of ether oxygens (including phenoxy) is 1. The number of hydrogen-bond donors (Lipinski definition) is 1. The zero-order valence-electron chi connectivity index (χ0n) is 6.89. The van der Waals surface area contributed by atoms with Gasteiger partial charge in [0.1, 0.15) is 0 Å². The monoisotopic (exact) mass is 155 g/mol. The topological polar surface area (TPSA) is 38.3 Å². The lowest BCUT2D eigenvalue weighted by atomic mass is 10.1. The lowest BCUT2D eigenvalue weighted by Crippen LogP contribution is -2.09. The van der Waals surface area contributed by atoms with E-state index in [9.17, 15) is 4.79 Å². The number of esters is 1. The molecule has 1 N–H and O–H groups in total. The van der Waals surface area contributed by atoms with Crippen molar-refractivity contribution in [1.29, 1.82) is 0 Å². The van der Waals surface area contributed by atoms with E-state index in [-0.39, 0.29) is 5.97 Å². The molecular formula is C8H13NO2. The lowest BCUT2D eigenvalue weighted by molar-refractivity contribution is -0.134. The smallest absolute Gasteiger partial charge is 0.332 e. The SMILES string of the molecule is COC(=O)/C=C1\NCCC1C. The summed E-state index contributed by atoms with van der Waals surface area (Å²) in [5.74, 6) is 0.190. The highest BCUT2D eigenvalue weighted by Gasteiger charge is 2.16. The van der Waals surface area contributed by atoms with E-state index in [2.05, 4.69) is 17.0 Å². The molecule has 0 spiro atoms. The van der Waals surface area contributed by atoms with Gasteiger partial charge in [-0.2, -0.15) is 0 Å². The summed E-state index contributed by atoms with van der Waals surface area (Å²) in [7, 11) is 1.39. The van der Waals surface area contributed by atoms with Gasteiger partial charge in [0.15, 0.2) is 0 Å². The number of allylic oxidation sites excluding steroid dienone is 1. The minimum atomic E-state index is -0.277. The molecule has 0 aromatic carbocycles. The molecule has 1 saturated heterocycles. The predicted molar refractivity (Wildman–Crippen MR) is 41.9 cm³/mol. The van der Waals surface area contributed by atoms with Gasteiger partial charge >= 0.3 is 5.97 Å². The highest BCUT2D eigenvalue weighted by atomic mass is 16.5. The molecule has 0 amide bonds. The first kappa shape index (κ1) is 8.11. The maximum atomic E-state index is 10.8. The number of nitrogens with one attached hydrogen (secondary N) is 1. The molecular weight excluding hydrogens is 142 g/mol. The molecule has 0 aromatic heterocycles. The minimum absolute atomic E-state index is 0.277. The van der Waals surface area contributed by atoms with Gasteiger partial charge in [0.05, 0.1) is 7.11 Å². The Morgan fingerprint density at radius 1 is 1.82 bits per heavy atom. The Labute approximate surface area is 66.4 Å². The standard InChI is InChI=1S/C8H13NO2/c1-6-3-4-9-7(6)5-8(10)11-2/h5-6,9H,3-4H2,1-2H3/b7-5-. The summed E-state index contributed by atoms with van der Waals surface area (Å²) in [6.45, 7) is 3.05. The average molecular weight is 155 g/mol. The van der Waals surface area contributed by atoms with Crippen LogP contribution in [-0.4, -0.2) is 19.6 Å². The molecule has 1 unspecified atom stereocenters. The van der Waals surface area contributed by atoms with Crippen molar-refractivity contribution in [2.75, 3.05) is 13.7 Å². The largest absolute Gasteiger partial charge is 0.466 e. The van der Waals surface area contributed by atoms with Gasteiger partial charge in [0.25, 0.3) is 0 Å². The van der Waals surface area contributed by atoms with Gasteiger partial charge in [-0.1, -0.05) is 6.92 Å². The normalized spacial score (nSPS) is 26.7. The first-order valence-electron chi connectivity index (χ1n) is 3.77. The Kier molecular flexibility index (Phi) is 2.52. The van der Waals surface area contributed by atoms with Crippen molar-refractivity contribution in [2.45, 2.75) is 13.3 Å². The van der Waals surface area contributed by atoms with E-state index in [1.165, 1.54) is 13.2 Å². The van der Waals surface area contributed by atoms with Crippen molar-refractivity contribution in [2.24, 2.45) is 5.92 Å². The molecule has 0 aliphatic carbocycles. The summed E-state index contributed by atoms with van der Waals surface area (Å²) < 4.78 is 4.51. The summed E-state index contributed by atoms with van der Waals surface area (Å²) in [5, 5.41) is 3.13. The molecule has 1 aliphatic heterocycles. The summed E-state index contributed by atoms with van der Waals surface area (Å²) in [6.07, 6.45) is 2.63. The molecule has 0 saturated carbocycles. The van der Waals surface area contributed by atoms with Crippen molar-refractivity contribution in [3.05, 3.63) is 11.8 Å². The molecule has 1 atom stereocenters. The highest BCUT2D eigenvalue weighted by Crippen LogP contribution is 2.17. The van der Waals surface area contributed by atoms with Crippen LogP contribution in [0, 0.1) is 5.92 Å². The predicted octanol–water partition coefficient (Wildman–Crippen LogP) is 0.673. The first-order valence-corrected chi connectivity index (χ1v) is 3.77. The number of rotatable bonds is 1. The Morgan fingerprint density at radius 3 is 3.00 bits per heavy atom. The molecule has 62 valence electrons. The molecule has 0 aromatic rings. The number of hydrogen-bond acceptors (Lipinski definition) is 3. The van der Waals surface area contributed by atoms with E-state index in [0.717, 1.165) is 18.7 Å². The van der Waals surface area contributed by atoms with Crippen LogP contribution < -0.4 is 5.32 Å². The van der Waals surface area contributed by atoms with Crippen LogP contribution >= 0.6 is 0 Å². The molecule has 3 nitrogen and oxygen atoms in total. The van der Waals surface area contributed by atoms with Gasteiger partial charge < -0.3 is 10.1 Å². The summed E-state index contributed by atoms with van der Waals surface area (Å²) in [6, 6.07) is 0. The van der Waals surface area contributed by atoms with Crippen molar-refractivity contribution < 1.29 is 9.53 Å². The number of carbonyl (C=O) groups is 1. The van der Waals surface area contributed by atoms with Crippen molar-refractivity contribution in [3.8, 4) is 0 Å². The van der Waals surface area contributed by atoms with Crippen LogP contribution in [0.4, 0.5) is 0 Å². The maximum absolute atomic E-state index is 10.8. The second-order valence-electron chi connectivity index (χ2n) is 2.74. The maximum Gasteiger partial charge on any atom is 0.332 e. The summed E-state index contributed by atoms with van der Waals surface area (Å²) >= 11 is 0. The van der Waals surface area contributed by atoms with E-state index in [1.54, 1.807) is 0 Å². The summed E-state index contributed by atoms with van der Waals surface area (Å²) in [5.41, 5.74) is 0.997. The zero-order chi connectivity index (χ0) is 8.27. The third-order valence-corrected chi connectivity index (χ3v) is 1.91. The Balaban J connectivity index is 2.57. The van der Waals surface area contributed by atoms with Gasteiger partial charge in [-0.15, -0.1) is 0 Å². The van der Waals surface area contributed by atoms with Gasteiger partial charge in [-0.05, 0) is 12.3 Å². The molecule has 1 rings (SSSR count). The van der Waals surface area contributed by atoms with E-state index in [4.69, 9.17) is 0 Å². The van der Waals surface area contributed by atoms with Crippen LogP contribution in [-0.2, 0) is 9.53 Å². The number of methoxy groups -OCH3 is 1. The fourth-order valence-corrected chi connectivity index (χ4v) is 1.14. The van der Waals surface area contributed by atoms with E-state index < -0.39 is 0 Å². The van der Waals surface area contributed by atoms with E-state index in [1.807, 2.05) is 0 Å². The highest BCUT2D eigenvalue weighted by molar-refractivity contribution is 5.82. The molecule has 3 heteroatoms. The Hall–Kier alpha value is -0.990. The van der Waals surface area contributed by atoms with Crippen molar-refractivity contribution >= 4 is 5.97 Å². The van der Waals surface area contributed by atoms with Gasteiger partial charge in [0.2, 0.25) is 0 Å². The molecule has 1 fully saturated rings. The minimum Gasteiger partial charge on any atom is -0.466 e. The molecule has 1 heterocycles. The second-order valence-corrected chi connectivity index (χ2v) is 2.74. The average Bonchev–Trinajstić information content (AvgIpc) is 2.37.